The zero-order valence-corrected chi connectivity index (χ0v) is 10.7. The maximum Gasteiger partial charge on any atom is 0.465 e. The highest BCUT2D eigenvalue weighted by Gasteiger charge is 2.64. The number of hydrogen-bond acceptors (Lipinski definition) is 3. The van der Waals surface area contributed by atoms with Crippen molar-refractivity contribution in [3.05, 3.63) is 28.8 Å². The van der Waals surface area contributed by atoms with Gasteiger partial charge >= 0.3 is 18.1 Å². The van der Waals surface area contributed by atoms with E-state index < -0.39 is 24.7 Å². The van der Waals surface area contributed by atoms with Crippen molar-refractivity contribution in [3.63, 3.8) is 0 Å². The first-order valence-corrected chi connectivity index (χ1v) is 5.41. The Morgan fingerprint density at radius 3 is 2.35 bits per heavy atom. The summed E-state index contributed by atoms with van der Waals surface area (Å²) in [7, 11) is 1.24. The van der Waals surface area contributed by atoms with Gasteiger partial charge in [-0.25, -0.2) is 4.79 Å². The van der Waals surface area contributed by atoms with E-state index in [1.165, 1.54) is 25.3 Å². The fourth-order valence-electron chi connectivity index (χ4n) is 1.19. The quantitative estimate of drug-likeness (QED) is 0.628. The highest BCUT2D eigenvalue weighted by atomic mass is 35.5. The topological polar surface area (TPSA) is 35.5 Å². The van der Waals surface area contributed by atoms with Gasteiger partial charge < -0.3 is 9.47 Å². The molecule has 0 amide bonds. The van der Waals surface area contributed by atoms with Crippen molar-refractivity contribution in [3.8, 4) is 5.75 Å². The number of benzene rings is 1. The van der Waals surface area contributed by atoms with Crippen LogP contribution >= 0.6 is 11.6 Å². The number of rotatable bonds is 4. The Kier molecular flexibility index (Phi) is 4.80. The van der Waals surface area contributed by atoms with Crippen LogP contribution in [0.25, 0.3) is 0 Å². The van der Waals surface area contributed by atoms with Gasteiger partial charge in [-0.3, -0.25) is 0 Å². The lowest BCUT2D eigenvalue weighted by Gasteiger charge is -2.18. The zero-order chi connectivity index (χ0) is 15.6. The fourth-order valence-corrected chi connectivity index (χ4v) is 1.35. The summed E-state index contributed by atoms with van der Waals surface area (Å²) < 4.78 is 69.8. The van der Waals surface area contributed by atoms with E-state index in [9.17, 15) is 26.7 Å². The standard InChI is InChI=1S/C11H8ClF5O3/c1-19-8-4-7(12)3-2-6(8)5-20-9(18)10(13,14)11(15,16)17/h2-4H,5H2,1H3. The van der Waals surface area contributed by atoms with E-state index >= 15 is 0 Å². The third-order valence-corrected chi connectivity index (χ3v) is 2.46. The van der Waals surface area contributed by atoms with Gasteiger partial charge in [0.05, 0.1) is 7.11 Å². The summed E-state index contributed by atoms with van der Waals surface area (Å²) in [6.45, 7) is -0.801. The highest BCUT2D eigenvalue weighted by molar-refractivity contribution is 6.30. The van der Waals surface area contributed by atoms with Gasteiger partial charge in [0.2, 0.25) is 0 Å². The molecule has 0 saturated carbocycles. The van der Waals surface area contributed by atoms with Gasteiger partial charge in [-0.1, -0.05) is 17.7 Å². The molecule has 1 aromatic carbocycles. The van der Waals surface area contributed by atoms with Crippen LogP contribution in [-0.4, -0.2) is 25.2 Å². The van der Waals surface area contributed by atoms with Crippen molar-refractivity contribution in [2.45, 2.75) is 18.7 Å². The predicted octanol–water partition coefficient (Wildman–Crippen LogP) is 3.59. The Labute approximate surface area is 115 Å². The summed E-state index contributed by atoms with van der Waals surface area (Å²) in [5, 5.41) is 0.262. The van der Waals surface area contributed by atoms with Crippen molar-refractivity contribution < 1.29 is 36.2 Å². The first-order chi connectivity index (χ1) is 9.09. The molecule has 0 heterocycles. The van der Waals surface area contributed by atoms with Crippen LogP contribution in [0.15, 0.2) is 18.2 Å². The van der Waals surface area contributed by atoms with Crippen LogP contribution in [0.4, 0.5) is 22.0 Å². The molecule has 0 aliphatic carbocycles. The number of halogens is 6. The van der Waals surface area contributed by atoms with Gasteiger partial charge in [-0.2, -0.15) is 22.0 Å². The van der Waals surface area contributed by atoms with Crippen LogP contribution in [0.1, 0.15) is 5.56 Å². The number of hydrogen-bond donors (Lipinski definition) is 0. The molecular weight excluding hydrogens is 311 g/mol. The summed E-state index contributed by atoms with van der Waals surface area (Å²) >= 11 is 5.63. The SMILES string of the molecule is COc1cc(Cl)ccc1COC(=O)C(F)(F)C(F)(F)F. The van der Waals surface area contributed by atoms with Gasteiger partial charge in [0, 0.05) is 10.6 Å². The van der Waals surface area contributed by atoms with E-state index in [2.05, 4.69) is 4.74 Å². The minimum absolute atomic E-state index is 0.0978. The second-order valence-corrected chi connectivity index (χ2v) is 4.04. The molecule has 9 heteroatoms. The number of carbonyl (C=O) groups is 1. The smallest absolute Gasteiger partial charge is 0.465 e. The van der Waals surface area contributed by atoms with Crippen LogP contribution in [-0.2, 0) is 16.1 Å². The number of alkyl halides is 5. The Hall–Kier alpha value is -1.57. The summed E-state index contributed by atoms with van der Waals surface area (Å²) in [6.07, 6.45) is -6.01. The lowest BCUT2D eigenvalue weighted by atomic mass is 10.2. The largest absolute Gasteiger partial charge is 0.496 e. The average molecular weight is 319 g/mol. The lowest BCUT2D eigenvalue weighted by molar-refractivity contribution is -0.281. The Morgan fingerprint density at radius 2 is 1.85 bits per heavy atom. The Bertz CT molecular complexity index is 501. The molecule has 0 spiro atoms. The maximum absolute atomic E-state index is 12.6. The van der Waals surface area contributed by atoms with Crippen LogP contribution in [0.5, 0.6) is 5.75 Å². The van der Waals surface area contributed by atoms with Gasteiger partial charge in [0.25, 0.3) is 0 Å². The van der Waals surface area contributed by atoms with Crippen molar-refractivity contribution in [1.29, 1.82) is 0 Å². The molecule has 0 aliphatic rings. The van der Waals surface area contributed by atoms with Crippen LogP contribution in [0.2, 0.25) is 5.02 Å². The molecule has 0 saturated heterocycles. The fraction of sp³-hybridized carbons (Fsp3) is 0.364. The van der Waals surface area contributed by atoms with E-state index in [-0.39, 0.29) is 16.3 Å². The summed E-state index contributed by atoms with van der Waals surface area (Å²) in [5.41, 5.74) is 0.100. The van der Waals surface area contributed by atoms with Gasteiger partial charge in [0.1, 0.15) is 12.4 Å². The minimum Gasteiger partial charge on any atom is -0.496 e. The third kappa shape index (κ3) is 3.50. The van der Waals surface area contributed by atoms with Gasteiger partial charge in [0.15, 0.2) is 0 Å². The molecule has 0 fully saturated rings. The molecule has 0 atom stereocenters. The first kappa shape index (κ1) is 16.5. The molecule has 0 bridgehead atoms. The van der Waals surface area contributed by atoms with E-state index in [0.717, 1.165) is 0 Å². The molecule has 20 heavy (non-hydrogen) atoms. The molecule has 0 aliphatic heterocycles. The van der Waals surface area contributed by atoms with E-state index in [4.69, 9.17) is 16.3 Å². The normalized spacial score (nSPS) is 12.2. The van der Waals surface area contributed by atoms with Crippen LogP contribution in [0.3, 0.4) is 0 Å². The number of esters is 1. The molecule has 1 aromatic rings. The monoisotopic (exact) mass is 318 g/mol. The Morgan fingerprint density at radius 1 is 1.25 bits per heavy atom. The second-order valence-electron chi connectivity index (χ2n) is 3.60. The van der Waals surface area contributed by atoms with Crippen LogP contribution in [0, 0.1) is 0 Å². The predicted molar refractivity (Wildman–Crippen MR) is 58.8 cm³/mol. The maximum atomic E-state index is 12.6. The summed E-state index contributed by atoms with van der Waals surface area (Å²) in [4.78, 5) is 10.8. The lowest BCUT2D eigenvalue weighted by Crippen LogP contribution is -2.45. The molecule has 112 valence electrons. The second kappa shape index (κ2) is 5.82. The van der Waals surface area contributed by atoms with E-state index in [0.29, 0.717) is 0 Å². The molecule has 3 nitrogen and oxygen atoms in total. The molecule has 0 aromatic heterocycles. The van der Waals surface area contributed by atoms with E-state index in [1.807, 2.05) is 0 Å². The van der Waals surface area contributed by atoms with Crippen molar-refractivity contribution in [1.82, 2.24) is 0 Å². The Balaban J connectivity index is 2.80. The third-order valence-electron chi connectivity index (χ3n) is 2.22. The number of carbonyl (C=O) groups excluding carboxylic acids is 1. The average Bonchev–Trinajstić information content (AvgIpc) is 2.35. The number of ether oxygens (including phenoxy) is 2. The molecule has 0 radical (unpaired) electrons. The van der Waals surface area contributed by atoms with Crippen molar-refractivity contribution in [2.75, 3.05) is 7.11 Å². The number of methoxy groups -OCH3 is 1. The van der Waals surface area contributed by atoms with E-state index in [1.54, 1.807) is 0 Å². The molecule has 0 unspecified atom stereocenters. The summed E-state index contributed by atoms with van der Waals surface area (Å²) in [6, 6.07) is 3.92. The van der Waals surface area contributed by atoms with Crippen molar-refractivity contribution >= 4 is 17.6 Å². The van der Waals surface area contributed by atoms with Crippen molar-refractivity contribution in [2.24, 2.45) is 0 Å². The zero-order valence-electron chi connectivity index (χ0n) is 9.93. The summed E-state index contributed by atoms with van der Waals surface area (Å²) in [5.74, 6) is -8.14. The first-order valence-electron chi connectivity index (χ1n) is 5.03. The minimum atomic E-state index is -6.01. The van der Waals surface area contributed by atoms with Gasteiger partial charge in [-0.15, -0.1) is 0 Å². The molecule has 0 N–H and O–H groups in total. The van der Waals surface area contributed by atoms with Crippen LogP contribution < -0.4 is 4.74 Å². The van der Waals surface area contributed by atoms with Gasteiger partial charge in [-0.05, 0) is 12.1 Å². The molecule has 1 rings (SSSR count). The molecular formula is C11H8ClF5O3. The highest BCUT2D eigenvalue weighted by Crippen LogP contribution is 2.36.